The molecule has 0 bridgehead atoms. The highest BCUT2D eigenvalue weighted by Gasteiger charge is 2.14. The lowest BCUT2D eigenvalue weighted by Crippen LogP contribution is -2.36. The summed E-state index contributed by atoms with van der Waals surface area (Å²) >= 11 is 0. The van der Waals surface area contributed by atoms with Crippen molar-refractivity contribution in [3.05, 3.63) is 48.0 Å². The molecule has 0 aliphatic carbocycles. The first kappa shape index (κ1) is 24.8. The van der Waals surface area contributed by atoms with Gasteiger partial charge in [-0.25, -0.2) is 0 Å². The third-order valence-electron chi connectivity index (χ3n) is 2.84. The van der Waals surface area contributed by atoms with E-state index in [9.17, 15) is 14.4 Å². The van der Waals surface area contributed by atoms with Gasteiger partial charge in [0.2, 0.25) is 0 Å². The molecule has 5 heteroatoms. The zero-order valence-corrected chi connectivity index (χ0v) is 16.3. The van der Waals surface area contributed by atoms with E-state index in [0.717, 1.165) is 6.29 Å². The first-order chi connectivity index (χ1) is 11.9. The van der Waals surface area contributed by atoms with Gasteiger partial charge in [0, 0.05) is 18.2 Å². The van der Waals surface area contributed by atoms with Crippen molar-refractivity contribution in [1.29, 1.82) is 0 Å². The Hall–Kier alpha value is -2.43. The molecule has 25 heavy (non-hydrogen) atoms. The highest BCUT2D eigenvalue weighted by Crippen LogP contribution is 2.07. The number of rotatable bonds is 6. The normalized spacial score (nSPS) is 10.2. The predicted octanol–water partition coefficient (Wildman–Crippen LogP) is 3.61. The number of allylic oxidation sites excluding steroid dienone is 1. The lowest BCUT2D eigenvalue weighted by molar-refractivity contribution is -0.109. The van der Waals surface area contributed by atoms with Crippen molar-refractivity contribution >= 4 is 18.1 Å². The monoisotopic (exact) mass is 348 g/mol. The average Bonchev–Trinajstić information content (AvgIpc) is 2.62. The molecule has 0 radical (unpaired) electrons. The Balaban J connectivity index is 0. The Morgan fingerprint density at radius 1 is 1.08 bits per heavy atom. The Kier molecular flexibility index (Phi) is 15.0. The lowest BCUT2D eigenvalue weighted by atomic mass is 10.0. The van der Waals surface area contributed by atoms with Crippen molar-refractivity contribution in [2.75, 3.05) is 7.05 Å². The van der Waals surface area contributed by atoms with Crippen LogP contribution < -0.4 is 10.6 Å². The van der Waals surface area contributed by atoms with Gasteiger partial charge in [-0.05, 0) is 43.5 Å². The van der Waals surface area contributed by atoms with Crippen LogP contribution in [0.4, 0.5) is 0 Å². The molecule has 1 rings (SSSR count). The molecule has 0 saturated heterocycles. The Bertz CT molecular complexity index is 522. The maximum atomic E-state index is 12.0. The number of carbonyl (C=O) groups is 3. The molecule has 0 aliphatic heterocycles. The molecule has 0 saturated carbocycles. The summed E-state index contributed by atoms with van der Waals surface area (Å²) in [6.45, 7) is 13.2. The average molecular weight is 348 g/mol. The van der Waals surface area contributed by atoms with Gasteiger partial charge < -0.3 is 15.4 Å². The van der Waals surface area contributed by atoms with Gasteiger partial charge in [-0.3, -0.25) is 9.59 Å². The number of aldehydes is 1. The van der Waals surface area contributed by atoms with Crippen molar-refractivity contribution in [2.45, 2.75) is 47.1 Å². The fourth-order valence-electron chi connectivity index (χ4n) is 1.83. The molecule has 5 nitrogen and oxygen atoms in total. The topological polar surface area (TPSA) is 75.3 Å². The molecule has 1 atom stereocenters. The van der Waals surface area contributed by atoms with E-state index in [-0.39, 0.29) is 11.8 Å². The molecular formula is C20H32N2O3. The zero-order valence-electron chi connectivity index (χ0n) is 16.3. The fourth-order valence-corrected chi connectivity index (χ4v) is 1.83. The molecule has 0 spiro atoms. The molecule has 140 valence electrons. The predicted molar refractivity (Wildman–Crippen MR) is 104 cm³/mol. The van der Waals surface area contributed by atoms with Crippen molar-refractivity contribution < 1.29 is 14.4 Å². The first-order valence-corrected chi connectivity index (χ1v) is 8.54. The van der Waals surface area contributed by atoms with Gasteiger partial charge in [0.15, 0.2) is 0 Å². The van der Waals surface area contributed by atoms with Gasteiger partial charge in [0.25, 0.3) is 11.8 Å². The van der Waals surface area contributed by atoms with Gasteiger partial charge in [-0.2, -0.15) is 0 Å². The van der Waals surface area contributed by atoms with E-state index < -0.39 is 6.04 Å². The van der Waals surface area contributed by atoms with Crippen molar-refractivity contribution in [2.24, 2.45) is 5.92 Å². The van der Waals surface area contributed by atoms with E-state index >= 15 is 0 Å². The molecule has 1 aromatic carbocycles. The smallest absolute Gasteiger partial charge is 0.251 e. The van der Waals surface area contributed by atoms with Gasteiger partial charge in [0.1, 0.15) is 6.29 Å². The summed E-state index contributed by atoms with van der Waals surface area (Å²) in [5, 5.41) is 5.18. The summed E-state index contributed by atoms with van der Waals surface area (Å²) in [6, 6.07) is 5.80. The SMILES string of the molecule is C=CC.CC.CNC(=O)c1ccc(C(=O)NC(C=O)CC(C)C)cc1. The molecule has 2 amide bonds. The van der Waals surface area contributed by atoms with Gasteiger partial charge in [-0.15, -0.1) is 6.58 Å². The highest BCUT2D eigenvalue weighted by atomic mass is 16.2. The summed E-state index contributed by atoms with van der Waals surface area (Å²) < 4.78 is 0. The third-order valence-corrected chi connectivity index (χ3v) is 2.84. The number of carbonyl (C=O) groups excluding carboxylic acids is 3. The molecule has 2 N–H and O–H groups in total. The van der Waals surface area contributed by atoms with E-state index in [1.807, 2.05) is 34.6 Å². The van der Waals surface area contributed by atoms with Gasteiger partial charge in [0.05, 0.1) is 6.04 Å². The Labute approximate surface area is 151 Å². The van der Waals surface area contributed by atoms with Crippen LogP contribution in [0.25, 0.3) is 0 Å². The van der Waals surface area contributed by atoms with Crippen LogP contribution in [-0.4, -0.2) is 31.2 Å². The van der Waals surface area contributed by atoms with E-state index in [1.165, 1.54) is 0 Å². The second kappa shape index (κ2) is 15.1. The van der Waals surface area contributed by atoms with Crippen LogP contribution in [0.1, 0.15) is 61.8 Å². The fraction of sp³-hybridized carbons (Fsp3) is 0.450. The van der Waals surface area contributed by atoms with Crippen LogP contribution in [0.2, 0.25) is 0 Å². The zero-order chi connectivity index (χ0) is 19.8. The molecular weight excluding hydrogens is 316 g/mol. The maximum absolute atomic E-state index is 12.0. The summed E-state index contributed by atoms with van der Waals surface area (Å²) in [4.78, 5) is 34.3. The van der Waals surface area contributed by atoms with E-state index in [2.05, 4.69) is 17.2 Å². The number of nitrogens with one attached hydrogen (secondary N) is 2. The number of hydrogen-bond donors (Lipinski definition) is 2. The molecule has 0 heterocycles. The quantitative estimate of drug-likeness (QED) is 0.609. The van der Waals surface area contributed by atoms with Crippen LogP contribution in [0.3, 0.4) is 0 Å². The van der Waals surface area contributed by atoms with E-state index in [1.54, 1.807) is 37.4 Å². The maximum Gasteiger partial charge on any atom is 0.251 e. The molecule has 0 fully saturated rings. The Morgan fingerprint density at radius 3 is 1.80 bits per heavy atom. The van der Waals surface area contributed by atoms with E-state index in [0.29, 0.717) is 23.5 Å². The van der Waals surface area contributed by atoms with Crippen molar-refractivity contribution in [3.63, 3.8) is 0 Å². The van der Waals surface area contributed by atoms with E-state index in [4.69, 9.17) is 0 Å². The molecule has 1 aromatic rings. The van der Waals surface area contributed by atoms with Gasteiger partial charge in [-0.1, -0.05) is 33.8 Å². The van der Waals surface area contributed by atoms with Crippen LogP contribution >= 0.6 is 0 Å². The van der Waals surface area contributed by atoms with Crippen molar-refractivity contribution in [3.8, 4) is 0 Å². The van der Waals surface area contributed by atoms with Crippen LogP contribution in [0.5, 0.6) is 0 Å². The van der Waals surface area contributed by atoms with Crippen LogP contribution in [0.15, 0.2) is 36.9 Å². The molecule has 1 unspecified atom stereocenters. The minimum Gasteiger partial charge on any atom is -0.355 e. The first-order valence-electron chi connectivity index (χ1n) is 8.54. The van der Waals surface area contributed by atoms with Crippen LogP contribution in [-0.2, 0) is 4.79 Å². The summed E-state index contributed by atoms with van der Waals surface area (Å²) in [6.07, 6.45) is 3.10. The summed E-state index contributed by atoms with van der Waals surface area (Å²) in [5.41, 5.74) is 0.909. The lowest BCUT2D eigenvalue weighted by Gasteiger charge is -2.14. The minimum atomic E-state index is -0.485. The number of amides is 2. The number of hydrogen-bond acceptors (Lipinski definition) is 3. The largest absolute Gasteiger partial charge is 0.355 e. The highest BCUT2D eigenvalue weighted by molar-refractivity contribution is 5.98. The molecule has 0 aromatic heterocycles. The second-order valence-corrected chi connectivity index (χ2v) is 5.41. The van der Waals surface area contributed by atoms with Crippen LogP contribution in [0, 0.1) is 5.92 Å². The summed E-state index contributed by atoms with van der Waals surface area (Å²) in [7, 11) is 1.55. The number of benzene rings is 1. The third kappa shape index (κ3) is 10.9. The second-order valence-electron chi connectivity index (χ2n) is 5.41. The molecule has 0 aliphatic rings. The van der Waals surface area contributed by atoms with Gasteiger partial charge >= 0.3 is 0 Å². The summed E-state index contributed by atoms with van der Waals surface area (Å²) in [5.74, 6) is -0.199. The van der Waals surface area contributed by atoms with Crippen molar-refractivity contribution in [1.82, 2.24) is 10.6 Å². The minimum absolute atomic E-state index is 0.206. The standard InChI is InChI=1S/C15H20N2O3.C3H6.C2H6/c1-10(2)8-13(9-18)17-15(20)12-6-4-11(5-7-12)14(19)16-3;1-3-2;1-2/h4-7,9-10,13H,8H2,1-3H3,(H,16,19)(H,17,20);3H,1H2,2H3;1-2H3. The Morgan fingerprint density at radius 2 is 1.48 bits per heavy atom.